The van der Waals surface area contributed by atoms with Gasteiger partial charge in [-0.2, -0.15) is 0 Å². The third kappa shape index (κ3) is 3.97. The third-order valence-electron chi connectivity index (χ3n) is 7.15. The molecule has 3 aromatic heterocycles. The summed E-state index contributed by atoms with van der Waals surface area (Å²) in [5.41, 5.74) is 6.45. The van der Waals surface area contributed by atoms with Crippen molar-refractivity contribution in [2.45, 2.75) is 53.1 Å². The van der Waals surface area contributed by atoms with Crippen LogP contribution in [0.5, 0.6) is 0 Å². The number of benzene rings is 1. The van der Waals surface area contributed by atoms with Gasteiger partial charge < -0.3 is 9.47 Å². The second kappa shape index (κ2) is 8.41. The van der Waals surface area contributed by atoms with E-state index in [0.29, 0.717) is 35.9 Å². The highest BCUT2D eigenvalue weighted by Crippen LogP contribution is 2.34. The van der Waals surface area contributed by atoms with Gasteiger partial charge in [0.15, 0.2) is 0 Å². The smallest absolute Gasteiger partial charge is 0.266 e. The normalized spacial score (nSPS) is 15.5. The van der Waals surface area contributed by atoms with Crippen molar-refractivity contribution in [2.75, 3.05) is 6.54 Å². The van der Waals surface area contributed by atoms with Gasteiger partial charge in [0.25, 0.3) is 11.5 Å². The zero-order valence-corrected chi connectivity index (χ0v) is 21.1. The van der Waals surface area contributed by atoms with E-state index >= 15 is 0 Å². The number of aryl methyl sites for hydroxylation is 3. The summed E-state index contributed by atoms with van der Waals surface area (Å²) < 4.78 is 2.01. The van der Waals surface area contributed by atoms with E-state index in [4.69, 9.17) is 0 Å². The number of hydrogen-bond acceptors (Lipinski definition) is 5. The Morgan fingerprint density at radius 3 is 2.66 bits per heavy atom. The van der Waals surface area contributed by atoms with E-state index in [1.807, 2.05) is 60.6 Å². The van der Waals surface area contributed by atoms with Gasteiger partial charge in [-0.15, -0.1) is 11.3 Å². The zero-order chi connectivity index (χ0) is 24.3. The molecule has 1 saturated carbocycles. The van der Waals surface area contributed by atoms with Crippen LogP contribution in [0.25, 0.3) is 22.0 Å². The Bertz CT molecular complexity index is 1550. The fourth-order valence-electron chi connectivity index (χ4n) is 5.20. The molecule has 0 saturated heterocycles. The minimum atomic E-state index is 0.0325. The van der Waals surface area contributed by atoms with Crippen molar-refractivity contribution in [2.24, 2.45) is 5.92 Å². The first-order chi connectivity index (χ1) is 16.9. The van der Waals surface area contributed by atoms with E-state index < -0.39 is 0 Å². The summed E-state index contributed by atoms with van der Waals surface area (Å²) in [4.78, 5) is 39.0. The van der Waals surface area contributed by atoms with Crippen molar-refractivity contribution in [3.63, 3.8) is 0 Å². The van der Waals surface area contributed by atoms with Crippen LogP contribution < -0.4 is 5.56 Å². The molecule has 0 spiro atoms. The predicted octanol–water partition coefficient (Wildman–Crippen LogP) is 5.05. The van der Waals surface area contributed by atoms with E-state index in [1.54, 1.807) is 0 Å². The summed E-state index contributed by atoms with van der Waals surface area (Å²) in [6.45, 7) is 7.69. The molecular formula is C28H28N4O2S. The van der Waals surface area contributed by atoms with E-state index in [9.17, 15) is 9.59 Å². The van der Waals surface area contributed by atoms with Crippen LogP contribution in [-0.2, 0) is 19.5 Å². The number of amides is 1. The van der Waals surface area contributed by atoms with E-state index in [1.165, 1.54) is 24.2 Å². The van der Waals surface area contributed by atoms with E-state index in [-0.39, 0.29) is 11.5 Å². The minimum absolute atomic E-state index is 0.0325. The maximum absolute atomic E-state index is 13.9. The number of rotatable bonds is 4. The van der Waals surface area contributed by atoms with Gasteiger partial charge in [0, 0.05) is 48.4 Å². The molecule has 4 aromatic rings. The van der Waals surface area contributed by atoms with Gasteiger partial charge in [-0.3, -0.25) is 14.6 Å². The van der Waals surface area contributed by atoms with Crippen molar-refractivity contribution >= 4 is 28.1 Å². The lowest BCUT2D eigenvalue weighted by atomic mass is 9.96. The molecule has 35 heavy (non-hydrogen) atoms. The Kier molecular flexibility index (Phi) is 5.33. The number of pyridine rings is 2. The maximum Gasteiger partial charge on any atom is 0.266 e. The van der Waals surface area contributed by atoms with Crippen LogP contribution in [0.15, 0.2) is 41.2 Å². The topological polar surface area (TPSA) is 68.1 Å². The van der Waals surface area contributed by atoms with Crippen molar-refractivity contribution in [3.05, 3.63) is 79.3 Å². The Balaban J connectivity index is 1.47. The second-order valence-electron chi connectivity index (χ2n) is 9.84. The van der Waals surface area contributed by atoms with Crippen molar-refractivity contribution in [3.8, 4) is 11.1 Å². The van der Waals surface area contributed by atoms with Crippen LogP contribution >= 0.6 is 11.3 Å². The average Bonchev–Trinajstić information content (AvgIpc) is 3.60. The molecule has 4 heterocycles. The van der Waals surface area contributed by atoms with Crippen LogP contribution in [0.1, 0.15) is 50.2 Å². The van der Waals surface area contributed by atoms with Crippen LogP contribution in [-0.4, -0.2) is 31.9 Å². The number of aromatic nitrogens is 3. The molecule has 1 fully saturated rings. The molecule has 6 rings (SSSR count). The Morgan fingerprint density at radius 2 is 1.91 bits per heavy atom. The fourth-order valence-corrected chi connectivity index (χ4v) is 6.09. The van der Waals surface area contributed by atoms with Gasteiger partial charge in [-0.05, 0) is 68.9 Å². The van der Waals surface area contributed by atoms with E-state index in [0.717, 1.165) is 50.7 Å². The molecule has 0 atom stereocenters. The highest BCUT2D eigenvalue weighted by molar-refractivity contribution is 7.13. The summed E-state index contributed by atoms with van der Waals surface area (Å²) in [5, 5.41) is 1.89. The van der Waals surface area contributed by atoms with Crippen molar-refractivity contribution < 1.29 is 4.79 Å². The van der Waals surface area contributed by atoms with Crippen LogP contribution in [0.3, 0.4) is 0 Å². The molecule has 1 amide bonds. The minimum Gasteiger partial charge on any atom is -0.333 e. The summed E-state index contributed by atoms with van der Waals surface area (Å²) in [6, 6.07) is 12.1. The molecule has 1 aliphatic heterocycles. The molecule has 0 radical (unpaired) electrons. The fraction of sp³-hybridized carbons (Fsp3) is 0.357. The van der Waals surface area contributed by atoms with Crippen molar-refractivity contribution in [1.82, 2.24) is 19.4 Å². The second-order valence-corrected chi connectivity index (χ2v) is 11.0. The quantitative estimate of drug-likeness (QED) is 0.406. The highest BCUT2D eigenvalue weighted by atomic mass is 32.1. The first-order valence-electron chi connectivity index (χ1n) is 12.2. The molecule has 2 aliphatic rings. The SMILES string of the molecule is Cc1ccc2c(-c3cc4c(n(CC5CC5)c3=O)CCN(C(=O)c3sc(C)nc3C)C4)cccc2n1. The van der Waals surface area contributed by atoms with Crippen molar-refractivity contribution in [1.29, 1.82) is 0 Å². The lowest BCUT2D eigenvalue weighted by Crippen LogP contribution is -2.39. The summed E-state index contributed by atoms with van der Waals surface area (Å²) >= 11 is 1.46. The number of carbonyl (C=O) groups excluding carboxylic acids is 1. The molecule has 0 N–H and O–H groups in total. The van der Waals surface area contributed by atoms with Gasteiger partial charge in [0.2, 0.25) is 0 Å². The van der Waals surface area contributed by atoms with Crippen LogP contribution in [0, 0.1) is 26.7 Å². The zero-order valence-electron chi connectivity index (χ0n) is 20.3. The molecule has 0 unspecified atom stereocenters. The number of carbonyl (C=O) groups is 1. The van der Waals surface area contributed by atoms with Gasteiger partial charge in [-0.25, -0.2) is 4.98 Å². The lowest BCUT2D eigenvalue weighted by Gasteiger charge is -2.31. The highest BCUT2D eigenvalue weighted by Gasteiger charge is 2.30. The number of nitrogens with zero attached hydrogens (tertiary/aromatic N) is 4. The van der Waals surface area contributed by atoms with Gasteiger partial charge in [-0.1, -0.05) is 18.2 Å². The summed E-state index contributed by atoms with van der Waals surface area (Å²) in [7, 11) is 0. The van der Waals surface area contributed by atoms with Crippen LogP contribution in [0.4, 0.5) is 0 Å². The molecule has 178 valence electrons. The van der Waals surface area contributed by atoms with E-state index in [2.05, 4.69) is 16.0 Å². The summed E-state index contributed by atoms with van der Waals surface area (Å²) in [6.07, 6.45) is 3.05. The Labute approximate surface area is 208 Å². The first-order valence-corrected chi connectivity index (χ1v) is 13.1. The molecule has 1 aliphatic carbocycles. The number of hydrogen-bond donors (Lipinski definition) is 0. The Hall–Kier alpha value is -3.32. The Morgan fingerprint density at radius 1 is 1.09 bits per heavy atom. The standard InChI is InChI=1S/C28H28N4O2S/c1-16-7-10-22-21(5-4-6-24(22)29-16)23-13-20-15-31(28(34)26-17(2)30-18(3)35-26)12-11-25(20)32(27(23)33)14-19-8-9-19/h4-7,10,13,19H,8-9,11-12,14-15H2,1-3H3. The number of fused-ring (bicyclic) bond motifs is 2. The molecule has 6 nitrogen and oxygen atoms in total. The molecule has 7 heteroatoms. The molecule has 1 aromatic carbocycles. The average molecular weight is 485 g/mol. The largest absolute Gasteiger partial charge is 0.333 e. The molecule has 0 bridgehead atoms. The third-order valence-corrected chi connectivity index (χ3v) is 8.22. The lowest BCUT2D eigenvalue weighted by molar-refractivity contribution is 0.0736. The maximum atomic E-state index is 13.9. The monoisotopic (exact) mass is 484 g/mol. The van der Waals surface area contributed by atoms with Crippen LogP contribution in [0.2, 0.25) is 0 Å². The van der Waals surface area contributed by atoms with Gasteiger partial charge >= 0.3 is 0 Å². The summed E-state index contributed by atoms with van der Waals surface area (Å²) in [5.74, 6) is 0.608. The van der Waals surface area contributed by atoms with Gasteiger partial charge in [0.05, 0.1) is 16.2 Å². The van der Waals surface area contributed by atoms with Gasteiger partial charge in [0.1, 0.15) is 4.88 Å². The number of thiazole rings is 1. The molecular weight excluding hydrogens is 456 g/mol. The predicted molar refractivity (Wildman–Crippen MR) is 139 cm³/mol. The first kappa shape index (κ1) is 22.2.